The van der Waals surface area contributed by atoms with Crippen molar-refractivity contribution >= 4 is 21.8 Å². The average Bonchev–Trinajstić information content (AvgIpc) is 2.62. The van der Waals surface area contributed by atoms with E-state index in [1.165, 1.54) is 4.90 Å². The summed E-state index contributed by atoms with van der Waals surface area (Å²) in [6.45, 7) is 2.28. The number of nitrogens with zero attached hydrogens (tertiary/aromatic N) is 1. The summed E-state index contributed by atoms with van der Waals surface area (Å²) in [5.74, 6) is -0.170. The van der Waals surface area contributed by atoms with Gasteiger partial charge in [-0.2, -0.15) is 0 Å². The highest BCUT2D eigenvalue weighted by Crippen LogP contribution is 2.22. The first-order chi connectivity index (χ1) is 7.99. The number of hydrogen-bond acceptors (Lipinski definition) is 3. The number of β-amino-alcohol motifs (C(OH)–C–C–N with tert-alkyl or cyclic N) is 2. The molecule has 4 nitrogen and oxygen atoms in total. The highest BCUT2D eigenvalue weighted by Gasteiger charge is 2.33. The summed E-state index contributed by atoms with van der Waals surface area (Å²) in [7, 11) is 0. The maximum absolute atomic E-state index is 12.2. The van der Waals surface area contributed by atoms with Gasteiger partial charge >= 0.3 is 0 Å². The van der Waals surface area contributed by atoms with Gasteiger partial charge in [0.2, 0.25) is 0 Å². The van der Waals surface area contributed by atoms with Crippen LogP contribution in [0.15, 0.2) is 22.7 Å². The molecular formula is C12H14BrNO3. The van der Waals surface area contributed by atoms with Crippen LogP contribution in [-0.2, 0) is 0 Å². The molecule has 0 spiro atoms. The Labute approximate surface area is 108 Å². The summed E-state index contributed by atoms with van der Waals surface area (Å²) in [5, 5.41) is 18.9. The third kappa shape index (κ3) is 2.51. The van der Waals surface area contributed by atoms with Gasteiger partial charge in [0.25, 0.3) is 5.91 Å². The molecule has 5 heteroatoms. The quantitative estimate of drug-likeness (QED) is 0.811. The van der Waals surface area contributed by atoms with Crippen molar-refractivity contribution in [2.45, 2.75) is 19.1 Å². The Morgan fingerprint density at radius 1 is 1.35 bits per heavy atom. The van der Waals surface area contributed by atoms with Gasteiger partial charge in [0.05, 0.1) is 17.8 Å². The van der Waals surface area contributed by atoms with Gasteiger partial charge in [-0.3, -0.25) is 4.79 Å². The average molecular weight is 300 g/mol. The number of aliphatic hydroxyl groups is 2. The van der Waals surface area contributed by atoms with Gasteiger partial charge in [0.1, 0.15) is 0 Å². The fraction of sp³-hybridized carbons (Fsp3) is 0.417. The lowest BCUT2D eigenvalue weighted by atomic mass is 10.1. The molecule has 0 unspecified atom stereocenters. The Balaban J connectivity index is 2.23. The summed E-state index contributed by atoms with van der Waals surface area (Å²) in [6, 6.07) is 5.53. The van der Waals surface area contributed by atoms with Crippen LogP contribution in [0.5, 0.6) is 0 Å². The van der Waals surface area contributed by atoms with Crippen LogP contribution in [0.1, 0.15) is 15.9 Å². The third-order valence-electron chi connectivity index (χ3n) is 2.90. The third-order valence-corrected chi connectivity index (χ3v) is 3.59. The number of benzene rings is 1. The number of likely N-dealkylation sites (tertiary alicyclic amines) is 1. The van der Waals surface area contributed by atoms with Crippen LogP contribution < -0.4 is 0 Å². The second-order valence-electron chi connectivity index (χ2n) is 4.33. The molecule has 1 aromatic rings. The lowest BCUT2D eigenvalue weighted by molar-refractivity contribution is 0.0572. The van der Waals surface area contributed by atoms with Crippen molar-refractivity contribution < 1.29 is 15.0 Å². The van der Waals surface area contributed by atoms with Crippen molar-refractivity contribution in [2.75, 3.05) is 13.1 Å². The number of carbonyl (C=O) groups excluding carboxylic acids is 1. The first-order valence-corrected chi connectivity index (χ1v) is 6.20. The van der Waals surface area contributed by atoms with E-state index < -0.39 is 12.2 Å². The first kappa shape index (κ1) is 12.5. The fourth-order valence-corrected chi connectivity index (χ4v) is 2.32. The molecule has 1 aliphatic heterocycles. The molecule has 0 aromatic heterocycles. The van der Waals surface area contributed by atoms with Crippen molar-refractivity contribution in [3.63, 3.8) is 0 Å². The van der Waals surface area contributed by atoms with Crippen molar-refractivity contribution in [3.05, 3.63) is 33.8 Å². The van der Waals surface area contributed by atoms with Crippen molar-refractivity contribution in [1.82, 2.24) is 4.90 Å². The molecule has 1 heterocycles. The van der Waals surface area contributed by atoms with Crippen LogP contribution >= 0.6 is 15.9 Å². The smallest absolute Gasteiger partial charge is 0.255 e. The molecule has 1 aliphatic rings. The molecule has 0 bridgehead atoms. The number of aryl methyl sites for hydroxylation is 1. The SMILES string of the molecule is Cc1ccc(Br)c(C(=O)N2C[C@@H](O)[C@@H](O)C2)c1. The van der Waals surface area contributed by atoms with Gasteiger partial charge in [-0.1, -0.05) is 11.6 Å². The number of carbonyl (C=O) groups is 1. The van der Waals surface area contributed by atoms with E-state index in [0.29, 0.717) is 5.56 Å². The zero-order valence-electron chi connectivity index (χ0n) is 9.43. The molecule has 1 fully saturated rings. The summed E-state index contributed by atoms with van der Waals surface area (Å²) in [4.78, 5) is 13.7. The van der Waals surface area contributed by atoms with Gasteiger partial charge in [-0.15, -0.1) is 0 Å². The summed E-state index contributed by atoms with van der Waals surface area (Å²) >= 11 is 3.34. The summed E-state index contributed by atoms with van der Waals surface area (Å²) in [6.07, 6.45) is -1.69. The molecule has 92 valence electrons. The molecule has 1 saturated heterocycles. The number of hydrogen-bond donors (Lipinski definition) is 2. The van der Waals surface area contributed by atoms with E-state index in [4.69, 9.17) is 0 Å². The summed E-state index contributed by atoms with van der Waals surface area (Å²) < 4.78 is 0.726. The van der Waals surface area contributed by atoms with Crippen LogP contribution in [0.25, 0.3) is 0 Å². The molecule has 1 aromatic carbocycles. The maximum atomic E-state index is 12.2. The fourth-order valence-electron chi connectivity index (χ4n) is 1.91. The Morgan fingerprint density at radius 3 is 2.53 bits per heavy atom. The molecule has 0 saturated carbocycles. The predicted octanol–water partition coefficient (Wildman–Crippen LogP) is 0.935. The molecule has 0 radical (unpaired) electrons. The zero-order chi connectivity index (χ0) is 12.6. The Hall–Kier alpha value is -0.910. The molecule has 2 rings (SSSR count). The van der Waals surface area contributed by atoms with E-state index in [1.54, 1.807) is 6.07 Å². The van der Waals surface area contributed by atoms with E-state index in [1.807, 2.05) is 19.1 Å². The lowest BCUT2D eigenvalue weighted by Gasteiger charge is -2.16. The topological polar surface area (TPSA) is 60.8 Å². The second-order valence-corrected chi connectivity index (χ2v) is 5.18. The largest absolute Gasteiger partial charge is 0.388 e. The minimum Gasteiger partial charge on any atom is -0.388 e. The first-order valence-electron chi connectivity index (χ1n) is 5.40. The molecule has 2 N–H and O–H groups in total. The maximum Gasteiger partial charge on any atom is 0.255 e. The molecule has 1 amide bonds. The Morgan fingerprint density at radius 2 is 1.94 bits per heavy atom. The zero-order valence-corrected chi connectivity index (χ0v) is 11.0. The molecule has 2 atom stereocenters. The van der Waals surface area contributed by atoms with Gasteiger partial charge in [0.15, 0.2) is 0 Å². The van der Waals surface area contributed by atoms with Crippen molar-refractivity contribution in [3.8, 4) is 0 Å². The van der Waals surface area contributed by atoms with Crippen LogP contribution in [0.4, 0.5) is 0 Å². The van der Waals surface area contributed by atoms with Crippen molar-refractivity contribution in [1.29, 1.82) is 0 Å². The van der Waals surface area contributed by atoms with Crippen LogP contribution in [0.3, 0.4) is 0 Å². The minimum absolute atomic E-state index is 0.170. The highest BCUT2D eigenvalue weighted by atomic mass is 79.9. The van der Waals surface area contributed by atoms with Crippen LogP contribution in [-0.4, -0.2) is 46.3 Å². The lowest BCUT2D eigenvalue weighted by Crippen LogP contribution is -2.30. The van der Waals surface area contributed by atoms with Gasteiger partial charge in [0, 0.05) is 17.6 Å². The minimum atomic E-state index is -0.845. The Kier molecular flexibility index (Phi) is 3.51. The predicted molar refractivity (Wildman–Crippen MR) is 66.8 cm³/mol. The monoisotopic (exact) mass is 299 g/mol. The van der Waals surface area contributed by atoms with Gasteiger partial charge in [-0.05, 0) is 35.0 Å². The van der Waals surface area contributed by atoms with E-state index in [-0.39, 0.29) is 19.0 Å². The second kappa shape index (κ2) is 4.76. The normalized spacial score (nSPS) is 24.1. The van der Waals surface area contributed by atoms with Crippen LogP contribution in [0.2, 0.25) is 0 Å². The highest BCUT2D eigenvalue weighted by molar-refractivity contribution is 9.10. The standard InChI is InChI=1S/C12H14BrNO3/c1-7-2-3-9(13)8(4-7)12(17)14-5-10(15)11(16)6-14/h2-4,10-11,15-16H,5-6H2,1H3/t10-,11+. The number of aliphatic hydroxyl groups excluding tert-OH is 2. The van der Waals surface area contributed by atoms with Gasteiger partial charge in [-0.25, -0.2) is 0 Å². The molecule has 17 heavy (non-hydrogen) atoms. The van der Waals surface area contributed by atoms with Gasteiger partial charge < -0.3 is 15.1 Å². The number of halogens is 1. The van der Waals surface area contributed by atoms with E-state index >= 15 is 0 Å². The Bertz CT molecular complexity index is 439. The van der Waals surface area contributed by atoms with E-state index in [2.05, 4.69) is 15.9 Å². The summed E-state index contributed by atoms with van der Waals surface area (Å²) in [5.41, 5.74) is 1.56. The van der Waals surface area contributed by atoms with Crippen LogP contribution in [0, 0.1) is 6.92 Å². The molecule has 0 aliphatic carbocycles. The van der Waals surface area contributed by atoms with Crippen molar-refractivity contribution in [2.24, 2.45) is 0 Å². The number of rotatable bonds is 1. The van der Waals surface area contributed by atoms with E-state index in [9.17, 15) is 15.0 Å². The van der Waals surface area contributed by atoms with E-state index in [0.717, 1.165) is 10.0 Å². The molecular weight excluding hydrogens is 286 g/mol. The number of amides is 1.